The van der Waals surface area contributed by atoms with Crippen LogP contribution in [0.2, 0.25) is 0 Å². The van der Waals surface area contributed by atoms with Crippen molar-refractivity contribution in [1.82, 2.24) is 0 Å². The normalized spacial score (nSPS) is 11.2. The van der Waals surface area contributed by atoms with E-state index in [1.165, 1.54) is 0 Å². The van der Waals surface area contributed by atoms with Gasteiger partial charge in [-0.1, -0.05) is 41.9 Å². The van der Waals surface area contributed by atoms with Crippen LogP contribution in [0.4, 0.5) is 0 Å². The molecular formula is C8H18O6P2Zr. The second-order valence-electron chi connectivity index (χ2n) is 3.38. The van der Waals surface area contributed by atoms with Gasteiger partial charge in [-0.05, 0) is 25.2 Å². The molecule has 0 aromatic heterocycles. The third-order valence-electron chi connectivity index (χ3n) is 1.57. The summed E-state index contributed by atoms with van der Waals surface area (Å²) in [5.74, 6) is 0. The van der Waals surface area contributed by atoms with Crippen LogP contribution in [0, 0.1) is 0 Å². The van der Waals surface area contributed by atoms with Gasteiger partial charge in [0.25, 0.3) is 0 Å². The number of hydrogen-bond donors (Lipinski definition) is 0. The van der Waals surface area contributed by atoms with Crippen molar-refractivity contribution in [3.8, 4) is 0 Å². The minimum absolute atomic E-state index is 0. The number of rotatable bonds is 6. The van der Waals surface area contributed by atoms with E-state index < -0.39 is 15.2 Å². The van der Waals surface area contributed by atoms with Crippen LogP contribution in [-0.4, -0.2) is 12.3 Å². The van der Waals surface area contributed by atoms with Crippen molar-refractivity contribution in [2.24, 2.45) is 0 Å². The van der Waals surface area contributed by atoms with Gasteiger partial charge >= 0.3 is 26.2 Å². The molecule has 0 aliphatic carbocycles. The molecule has 0 rings (SSSR count). The van der Waals surface area contributed by atoms with Crippen LogP contribution in [0.3, 0.4) is 0 Å². The zero-order valence-corrected chi connectivity index (χ0v) is 14.3. The van der Waals surface area contributed by atoms with Crippen molar-refractivity contribution in [3.63, 3.8) is 0 Å². The number of unbranched alkanes of at least 4 members (excludes halogenated alkanes) is 2. The Morgan fingerprint density at radius 1 is 0.765 bits per heavy atom. The molecule has 0 saturated heterocycles. The molecule has 100 valence electrons. The molecule has 0 aliphatic rings. The molecule has 6 nitrogen and oxygen atoms in total. The summed E-state index contributed by atoms with van der Waals surface area (Å²) in [6.45, 7) is 3.69. The van der Waals surface area contributed by atoms with Crippen molar-refractivity contribution in [2.45, 2.75) is 39.5 Å². The van der Waals surface area contributed by atoms with Crippen LogP contribution in [-0.2, 0) is 35.3 Å². The van der Waals surface area contributed by atoms with Crippen LogP contribution in [0.1, 0.15) is 39.5 Å². The van der Waals surface area contributed by atoms with Gasteiger partial charge < -0.3 is 28.7 Å². The van der Waals surface area contributed by atoms with Gasteiger partial charge in [-0.2, -0.15) is 0 Å². The van der Waals surface area contributed by atoms with Crippen LogP contribution < -0.4 is 19.6 Å². The van der Waals surface area contributed by atoms with E-state index in [4.69, 9.17) is 0 Å². The van der Waals surface area contributed by atoms with Crippen molar-refractivity contribution in [3.05, 3.63) is 0 Å². The summed E-state index contributed by atoms with van der Waals surface area (Å²) in [6.07, 6.45) is 2.12. The zero-order valence-electron chi connectivity index (χ0n) is 10.1. The zero-order chi connectivity index (χ0) is 13.2. The average molecular weight is 363 g/mol. The summed E-state index contributed by atoms with van der Waals surface area (Å²) < 4.78 is 19.7. The standard InChI is InChI=1S/2C4H11O3P.Zr/c2*1-2-3-4-8(5,6)7;/h2*2-4H2,1H3,(H2,5,6,7);/q;;+4/p-4. The van der Waals surface area contributed by atoms with E-state index in [2.05, 4.69) is 0 Å². The fraction of sp³-hybridized carbons (Fsp3) is 1.00. The summed E-state index contributed by atoms with van der Waals surface area (Å²) in [5.41, 5.74) is 0. The quantitative estimate of drug-likeness (QED) is 0.580. The summed E-state index contributed by atoms with van der Waals surface area (Å²) in [4.78, 5) is 39.4. The maximum Gasteiger partial charge on any atom is 4.00 e. The Bertz CT molecular complexity index is 222. The molecule has 0 aromatic carbocycles. The molecule has 0 amide bonds. The Hall–Kier alpha value is 1.18. The number of hydrogen-bond acceptors (Lipinski definition) is 6. The van der Waals surface area contributed by atoms with Crippen molar-refractivity contribution in [1.29, 1.82) is 0 Å². The molecule has 0 aliphatic heterocycles. The molecule has 0 unspecified atom stereocenters. The van der Waals surface area contributed by atoms with Crippen molar-refractivity contribution >= 4 is 15.2 Å². The van der Waals surface area contributed by atoms with Crippen LogP contribution >= 0.6 is 15.2 Å². The van der Waals surface area contributed by atoms with Crippen LogP contribution in [0.5, 0.6) is 0 Å². The van der Waals surface area contributed by atoms with Crippen molar-refractivity contribution in [2.75, 3.05) is 12.3 Å². The first-order valence-corrected chi connectivity index (χ1v) is 8.60. The van der Waals surface area contributed by atoms with Gasteiger partial charge in [0.2, 0.25) is 0 Å². The van der Waals surface area contributed by atoms with E-state index in [0.29, 0.717) is 12.8 Å². The predicted molar refractivity (Wildman–Crippen MR) is 54.8 cm³/mol. The van der Waals surface area contributed by atoms with E-state index in [1.54, 1.807) is 0 Å². The van der Waals surface area contributed by atoms with Gasteiger partial charge in [-0.25, -0.2) is 0 Å². The largest absolute Gasteiger partial charge is 4.00 e. The predicted octanol–water partition coefficient (Wildman–Crippen LogP) is -0.602. The Balaban J connectivity index is -0.000000218. The fourth-order valence-electron chi connectivity index (χ4n) is 0.704. The van der Waals surface area contributed by atoms with Gasteiger partial charge in [-0.15, -0.1) is 0 Å². The summed E-state index contributed by atoms with van der Waals surface area (Å²) in [6, 6.07) is 0. The smallest absolute Gasteiger partial charge is 0.811 e. The monoisotopic (exact) mass is 362 g/mol. The molecule has 0 atom stereocenters. The van der Waals surface area contributed by atoms with E-state index in [0.717, 1.165) is 12.8 Å². The maximum atomic E-state index is 9.86. The fourth-order valence-corrected chi connectivity index (χ4v) is 2.11. The van der Waals surface area contributed by atoms with Gasteiger partial charge in [0.15, 0.2) is 0 Å². The van der Waals surface area contributed by atoms with E-state index in [1.807, 2.05) is 13.8 Å². The summed E-state index contributed by atoms with van der Waals surface area (Å²) >= 11 is 0. The molecule has 0 fully saturated rings. The minimum atomic E-state index is -4.18. The molecule has 0 heterocycles. The Morgan fingerprint density at radius 2 is 1.00 bits per heavy atom. The van der Waals surface area contributed by atoms with E-state index >= 15 is 0 Å². The first kappa shape index (κ1) is 23.3. The first-order valence-electron chi connectivity index (χ1n) is 5.14. The molecule has 0 aromatic rings. The first-order chi connectivity index (χ1) is 7.12. The topological polar surface area (TPSA) is 126 Å². The second kappa shape index (κ2) is 12.2. The second-order valence-corrected chi connectivity index (χ2v) is 6.71. The molecule has 0 bridgehead atoms. The third kappa shape index (κ3) is 31.7. The van der Waals surface area contributed by atoms with E-state index in [-0.39, 0.29) is 38.5 Å². The SMILES string of the molecule is CCCCP(=O)([O-])[O-].CCCCP(=O)([O-])[O-].[Zr+4]. The molecule has 0 radical (unpaired) electrons. The minimum Gasteiger partial charge on any atom is -0.811 e. The summed E-state index contributed by atoms with van der Waals surface area (Å²) in [5, 5.41) is 0. The molecule has 0 N–H and O–H groups in total. The Kier molecular flexibility index (Phi) is 16.8. The molecule has 0 saturated carbocycles. The molecular weight excluding hydrogens is 345 g/mol. The average Bonchev–Trinajstić information content (AvgIpc) is 2.10. The van der Waals surface area contributed by atoms with Crippen LogP contribution in [0.25, 0.3) is 0 Å². The van der Waals surface area contributed by atoms with Gasteiger partial charge in [0.1, 0.15) is 0 Å². The molecule has 9 heteroatoms. The van der Waals surface area contributed by atoms with Gasteiger partial charge in [0.05, 0.1) is 0 Å². The van der Waals surface area contributed by atoms with Gasteiger partial charge in [0, 0.05) is 0 Å². The third-order valence-corrected chi connectivity index (χ3v) is 3.30. The van der Waals surface area contributed by atoms with Crippen molar-refractivity contribution < 1.29 is 54.9 Å². The van der Waals surface area contributed by atoms with Crippen LogP contribution in [0.15, 0.2) is 0 Å². The Labute approximate surface area is 122 Å². The summed E-state index contributed by atoms with van der Waals surface area (Å²) in [7, 11) is -8.36. The Morgan fingerprint density at radius 3 is 1.06 bits per heavy atom. The molecule has 17 heavy (non-hydrogen) atoms. The van der Waals surface area contributed by atoms with Gasteiger partial charge in [-0.3, -0.25) is 0 Å². The van der Waals surface area contributed by atoms with E-state index in [9.17, 15) is 28.7 Å². The maximum absolute atomic E-state index is 9.86. The molecule has 0 spiro atoms.